The number of carbonyl (C=O) groups excluding carboxylic acids is 2. The third kappa shape index (κ3) is 4.59. The van der Waals surface area contributed by atoms with E-state index in [1.807, 2.05) is 13.8 Å². The molecule has 1 unspecified atom stereocenters. The Labute approximate surface area is 146 Å². The Morgan fingerprint density at radius 1 is 1.39 bits per heavy atom. The molecule has 7 heteroatoms. The quantitative estimate of drug-likeness (QED) is 0.868. The van der Waals surface area contributed by atoms with Gasteiger partial charge in [0, 0.05) is 23.7 Å². The van der Waals surface area contributed by atoms with E-state index in [2.05, 4.69) is 5.32 Å². The zero-order chi connectivity index (χ0) is 17.2. The average Bonchev–Trinajstić information content (AvgIpc) is 2.95. The number of benzene rings is 1. The molecule has 0 radical (unpaired) electrons. The minimum Gasteiger partial charge on any atom is -0.352 e. The summed E-state index contributed by atoms with van der Waals surface area (Å²) in [7, 11) is 0. The summed E-state index contributed by atoms with van der Waals surface area (Å²) in [6.07, 6.45) is 1.40. The van der Waals surface area contributed by atoms with Crippen molar-refractivity contribution in [3.05, 3.63) is 33.8 Å². The Morgan fingerprint density at radius 2 is 2.09 bits per heavy atom. The third-order valence-corrected chi connectivity index (χ3v) is 4.26. The molecule has 23 heavy (non-hydrogen) atoms. The van der Waals surface area contributed by atoms with Gasteiger partial charge in [-0.3, -0.25) is 9.59 Å². The number of nitrogens with one attached hydrogen (secondary N) is 1. The molecule has 5 nitrogen and oxygen atoms in total. The predicted octanol–water partition coefficient (Wildman–Crippen LogP) is 2.45. The highest BCUT2D eigenvalue weighted by atomic mass is 35.5. The zero-order valence-corrected chi connectivity index (χ0v) is 14.7. The SMILES string of the molecule is CC(C)(N)CNC(=O)C1CCCN1C(=O)c1cc(Cl)ccc1Cl. The van der Waals surface area contributed by atoms with Crippen molar-refractivity contribution < 1.29 is 9.59 Å². The van der Waals surface area contributed by atoms with Crippen LogP contribution in [0.4, 0.5) is 0 Å². The van der Waals surface area contributed by atoms with Crippen LogP contribution in [0.15, 0.2) is 18.2 Å². The van der Waals surface area contributed by atoms with E-state index in [0.29, 0.717) is 35.1 Å². The summed E-state index contributed by atoms with van der Waals surface area (Å²) in [6.45, 7) is 4.53. The van der Waals surface area contributed by atoms with E-state index >= 15 is 0 Å². The molecule has 1 atom stereocenters. The maximum Gasteiger partial charge on any atom is 0.256 e. The minimum atomic E-state index is -0.501. The maximum absolute atomic E-state index is 12.7. The fourth-order valence-electron chi connectivity index (χ4n) is 2.53. The first-order chi connectivity index (χ1) is 10.7. The Kier molecular flexibility index (Phi) is 5.55. The van der Waals surface area contributed by atoms with E-state index in [9.17, 15) is 9.59 Å². The van der Waals surface area contributed by atoms with E-state index < -0.39 is 11.6 Å². The Balaban J connectivity index is 2.13. The van der Waals surface area contributed by atoms with Crippen LogP contribution in [0.2, 0.25) is 10.0 Å². The summed E-state index contributed by atoms with van der Waals surface area (Å²) in [6, 6.07) is 4.24. The number of nitrogens with zero attached hydrogens (tertiary/aromatic N) is 1. The van der Waals surface area contributed by atoms with Crippen LogP contribution in [-0.2, 0) is 4.79 Å². The molecule has 2 amide bonds. The van der Waals surface area contributed by atoms with E-state index in [1.54, 1.807) is 17.0 Å². The summed E-state index contributed by atoms with van der Waals surface area (Å²) < 4.78 is 0. The molecule has 1 aromatic carbocycles. The molecule has 1 aliphatic heterocycles. The maximum atomic E-state index is 12.7. The van der Waals surface area contributed by atoms with Gasteiger partial charge >= 0.3 is 0 Å². The molecule has 1 saturated heterocycles. The summed E-state index contributed by atoms with van der Waals surface area (Å²) >= 11 is 12.0. The Morgan fingerprint density at radius 3 is 2.74 bits per heavy atom. The van der Waals surface area contributed by atoms with Gasteiger partial charge in [0.25, 0.3) is 5.91 Å². The molecule has 0 aromatic heterocycles. The standard InChI is InChI=1S/C16H21Cl2N3O2/c1-16(2,19)9-20-14(22)13-4-3-7-21(13)15(23)11-8-10(17)5-6-12(11)18/h5-6,8,13H,3-4,7,9,19H2,1-2H3,(H,20,22). The summed E-state index contributed by atoms with van der Waals surface area (Å²) in [5.74, 6) is -0.463. The highest BCUT2D eigenvalue weighted by Gasteiger charge is 2.35. The monoisotopic (exact) mass is 357 g/mol. The van der Waals surface area contributed by atoms with Crippen molar-refractivity contribution in [2.24, 2.45) is 5.73 Å². The number of hydrogen-bond acceptors (Lipinski definition) is 3. The molecule has 126 valence electrons. The van der Waals surface area contributed by atoms with Crippen LogP contribution < -0.4 is 11.1 Å². The van der Waals surface area contributed by atoms with Crippen molar-refractivity contribution in [1.82, 2.24) is 10.2 Å². The number of carbonyl (C=O) groups is 2. The van der Waals surface area contributed by atoms with Crippen molar-refractivity contribution in [3.63, 3.8) is 0 Å². The molecule has 1 fully saturated rings. The van der Waals surface area contributed by atoms with Crippen LogP contribution in [0.3, 0.4) is 0 Å². The van der Waals surface area contributed by atoms with Crippen LogP contribution in [0.25, 0.3) is 0 Å². The molecule has 0 bridgehead atoms. The number of rotatable bonds is 4. The summed E-state index contributed by atoms with van der Waals surface area (Å²) in [5, 5.41) is 3.57. The summed E-state index contributed by atoms with van der Waals surface area (Å²) in [4.78, 5) is 26.6. The number of amides is 2. The van der Waals surface area contributed by atoms with E-state index in [4.69, 9.17) is 28.9 Å². The fraction of sp³-hybridized carbons (Fsp3) is 0.500. The van der Waals surface area contributed by atoms with Gasteiger partial charge in [0.15, 0.2) is 0 Å². The topological polar surface area (TPSA) is 75.4 Å². The van der Waals surface area contributed by atoms with Crippen molar-refractivity contribution in [1.29, 1.82) is 0 Å². The lowest BCUT2D eigenvalue weighted by molar-refractivity contribution is -0.125. The first-order valence-corrected chi connectivity index (χ1v) is 8.27. The number of nitrogens with two attached hydrogens (primary N) is 1. The number of halogens is 2. The molecule has 3 N–H and O–H groups in total. The lowest BCUT2D eigenvalue weighted by Gasteiger charge is -2.26. The summed E-state index contributed by atoms with van der Waals surface area (Å²) in [5.41, 5.74) is 5.69. The normalized spacial score (nSPS) is 18.1. The lowest BCUT2D eigenvalue weighted by atomic mass is 10.1. The highest BCUT2D eigenvalue weighted by Crippen LogP contribution is 2.26. The Hall–Kier alpha value is -1.30. The van der Waals surface area contributed by atoms with Crippen molar-refractivity contribution in [2.75, 3.05) is 13.1 Å². The minimum absolute atomic E-state index is 0.187. The van der Waals surface area contributed by atoms with Crippen LogP contribution in [0.1, 0.15) is 37.0 Å². The second-order valence-electron chi connectivity index (χ2n) is 6.49. The largest absolute Gasteiger partial charge is 0.352 e. The van der Waals surface area contributed by atoms with Crippen LogP contribution in [0.5, 0.6) is 0 Å². The fourth-order valence-corrected chi connectivity index (χ4v) is 2.90. The number of hydrogen-bond donors (Lipinski definition) is 2. The predicted molar refractivity (Wildman–Crippen MR) is 91.8 cm³/mol. The first-order valence-electron chi connectivity index (χ1n) is 7.51. The van der Waals surface area contributed by atoms with Crippen LogP contribution >= 0.6 is 23.2 Å². The molecule has 0 aliphatic carbocycles. The highest BCUT2D eigenvalue weighted by molar-refractivity contribution is 6.35. The molecule has 1 aromatic rings. The van der Waals surface area contributed by atoms with Crippen LogP contribution in [0, 0.1) is 0 Å². The first kappa shape index (κ1) is 18.0. The van der Waals surface area contributed by atoms with E-state index in [-0.39, 0.29) is 11.8 Å². The molecule has 2 rings (SSSR count). The third-order valence-electron chi connectivity index (χ3n) is 3.69. The van der Waals surface area contributed by atoms with Crippen molar-refractivity contribution >= 4 is 35.0 Å². The van der Waals surface area contributed by atoms with Crippen molar-refractivity contribution in [3.8, 4) is 0 Å². The Bertz CT molecular complexity index is 614. The van der Waals surface area contributed by atoms with Crippen molar-refractivity contribution in [2.45, 2.75) is 38.3 Å². The van der Waals surface area contributed by atoms with Gasteiger partial charge < -0.3 is 16.0 Å². The molecule has 0 spiro atoms. The van der Waals surface area contributed by atoms with Gasteiger partial charge in [-0.05, 0) is 44.9 Å². The second-order valence-corrected chi connectivity index (χ2v) is 7.33. The van der Waals surface area contributed by atoms with Gasteiger partial charge in [0.05, 0.1) is 10.6 Å². The lowest BCUT2D eigenvalue weighted by Crippen LogP contribution is -2.51. The zero-order valence-electron chi connectivity index (χ0n) is 13.2. The molecule has 1 aliphatic rings. The van der Waals surface area contributed by atoms with Gasteiger partial charge in [0.2, 0.25) is 5.91 Å². The molecular weight excluding hydrogens is 337 g/mol. The van der Waals surface area contributed by atoms with Gasteiger partial charge in [-0.15, -0.1) is 0 Å². The molecule has 0 saturated carbocycles. The second kappa shape index (κ2) is 7.07. The van der Waals surface area contributed by atoms with Gasteiger partial charge in [-0.25, -0.2) is 0 Å². The van der Waals surface area contributed by atoms with Gasteiger partial charge in [0.1, 0.15) is 6.04 Å². The van der Waals surface area contributed by atoms with Gasteiger partial charge in [-0.1, -0.05) is 23.2 Å². The number of likely N-dealkylation sites (tertiary alicyclic amines) is 1. The van der Waals surface area contributed by atoms with E-state index in [0.717, 1.165) is 6.42 Å². The average molecular weight is 358 g/mol. The smallest absolute Gasteiger partial charge is 0.256 e. The van der Waals surface area contributed by atoms with Crippen LogP contribution in [-0.4, -0.2) is 41.4 Å². The molecular formula is C16H21Cl2N3O2. The molecule has 1 heterocycles. The van der Waals surface area contributed by atoms with E-state index in [1.165, 1.54) is 6.07 Å². The van der Waals surface area contributed by atoms with Gasteiger partial charge in [-0.2, -0.15) is 0 Å².